The monoisotopic (exact) mass is 416 g/mol. The maximum atomic E-state index is 13.0. The summed E-state index contributed by atoms with van der Waals surface area (Å²) in [6.45, 7) is 2.10. The van der Waals surface area contributed by atoms with Crippen molar-refractivity contribution in [3.8, 4) is 11.4 Å². The Morgan fingerprint density at radius 1 is 1.29 bits per heavy atom. The van der Waals surface area contributed by atoms with Crippen molar-refractivity contribution in [3.05, 3.63) is 61.4 Å². The Bertz CT molecular complexity index is 1270. The molecule has 0 fully saturated rings. The zero-order chi connectivity index (χ0) is 19.7. The number of hydrogen-bond acceptors (Lipinski definition) is 5. The molecule has 5 rings (SSSR count). The predicted octanol–water partition coefficient (Wildman–Crippen LogP) is 3.22. The van der Waals surface area contributed by atoms with Crippen LogP contribution in [0.25, 0.3) is 22.3 Å². The molecule has 2 aliphatic heterocycles. The average Bonchev–Trinajstić information content (AvgIpc) is 3.03. The fraction of sp³-hybridized carbons (Fsp3) is 0.250. The number of nitrogens with zero attached hydrogens (tertiary/aromatic N) is 2. The second-order valence-electron chi connectivity index (χ2n) is 7.03. The minimum Gasteiger partial charge on any atom is -0.458 e. The van der Waals surface area contributed by atoms with Gasteiger partial charge in [0, 0.05) is 27.4 Å². The molecule has 0 aliphatic carbocycles. The second kappa shape index (κ2) is 6.04. The van der Waals surface area contributed by atoms with Gasteiger partial charge >= 0.3 is 5.97 Å². The first-order chi connectivity index (χ1) is 13.4. The van der Waals surface area contributed by atoms with Gasteiger partial charge < -0.3 is 14.4 Å². The number of aliphatic hydroxyl groups is 1. The van der Waals surface area contributed by atoms with Crippen LogP contribution in [0.5, 0.6) is 0 Å². The Balaban J connectivity index is 1.84. The van der Waals surface area contributed by atoms with E-state index in [0.717, 1.165) is 22.1 Å². The van der Waals surface area contributed by atoms with Crippen molar-refractivity contribution < 1.29 is 14.6 Å². The van der Waals surface area contributed by atoms with Crippen molar-refractivity contribution in [2.75, 3.05) is 0 Å². The number of esters is 1. The predicted molar refractivity (Wildman–Crippen MR) is 105 cm³/mol. The van der Waals surface area contributed by atoms with Gasteiger partial charge in [-0.3, -0.25) is 4.79 Å². The number of pyridine rings is 2. The lowest BCUT2D eigenvalue weighted by Crippen LogP contribution is -2.32. The third kappa shape index (κ3) is 2.28. The Hall–Kier alpha value is -2.41. The van der Waals surface area contributed by atoms with E-state index in [-0.39, 0.29) is 23.6 Å². The molecule has 4 heterocycles. The minimum atomic E-state index is -1.48. The topological polar surface area (TPSA) is 81.4 Å². The molecule has 28 heavy (non-hydrogen) atoms. The number of aryl methyl sites for hydroxylation is 1. The summed E-state index contributed by atoms with van der Waals surface area (Å²) in [5.41, 5.74) is 4.81. The maximum absolute atomic E-state index is 13.0. The van der Waals surface area contributed by atoms with E-state index in [2.05, 4.69) is 0 Å². The van der Waals surface area contributed by atoms with Crippen LogP contribution in [0.4, 0.5) is 0 Å². The number of cyclic esters (lactones) is 1. The number of carbonyl (C=O) groups excluding carboxylic acids is 1. The van der Waals surface area contributed by atoms with E-state index in [1.165, 1.54) is 0 Å². The van der Waals surface area contributed by atoms with Crippen molar-refractivity contribution in [3.63, 3.8) is 0 Å². The number of aliphatic hydroxyl groups excluding tert-OH is 1. The number of fused-ring (bicyclic) bond motifs is 5. The molecule has 0 spiro atoms. The fourth-order valence-corrected chi connectivity index (χ4v) is 4.45. The maximum Gasteiger partial charge on any atom is 0.340 e. The van der Waals surface area contributed by atoms with Crippen molar-refractivity contribution in [2.24, 2.45) is 0 Å². The summed E-state index contributed by atoms with van der Waals surface area (Å²) in [5, 5.41) is 11.7. The van der Waals surface area contributed by atoms with Crippen LogP contribution in [0, 0.1) is 6.92 Å². The zero-order valence-electron chi connectivity index (χ0n) is 14.8. The van der Waals surface area contributed by atoms with Gasteiger partial charge in [-0.25, -0.2) is 9.78 Å². The van der Waals surface area contributed by atoms with Gasteiger partial charge in [0.15, 0.2) is 6.10 Å². The molecule has 2 aromatic heterocycles. The molecule has 8 heteroatoms. The van der Waals surface area contributed by atoms with E-state index in [1.54, 1.807) is 16.7 Å². The van der Waals surface area contributed by atoms with Gasteiger partial charge in [0.05, 0.1) is 29.0 Å². The molecule has 0 amide bonds. The molecule has 2 aliphatic rings. The Morgan fingerprint density at radius 3 is 2.82 bits per heavy atom. The SMILES string of the molecule is Cc1cc2c(CCl)c3c(nc2cc1Cl)-c1cc2c(c(=O)n1C3)COC(=O)[C@H]2O. The number of carbonyl (C=O) groups is 1. The molecular formula is C20H14Cl2N2O4. The first kappa shape index (κ1) is 17.7. The van der Waals surface area contributed by atoms with Crippen molar-refractivity contribution in [1.29, 1.82) is 0 Å². The van der Waals surface area contributed by atoms with E-state index in [1.807, 2.05) is 13.0 Å². The summed E-state index contributed by atoms with van der Waals surface area (Å²) in [6, 6.07) is 5.39. The normalized spacial score (nSPS) is 17.3. The highest BCUT2D eigenvalue weighted by Crippen LogP contribution is 2.39. The standard InChI is InChI=1S/C20H14Cl2N2O4/c1-8-2-9-11(5-21)12-6-24-16(17(12)23-15(9)4-14(8)22)3-10-13(19(24)26)7-28-20(27)18(10)25/h2-4,18,25H,5-7H2,1H3/t18-/m0/s1. The second-order valence-corrected chi connectivity index (χ2v) is 7.71. The number of rotatable bonds is 1. The Labute approximate surface area is 169 Å². The summed E-state index contributed by atoms with van der Waals surface area (Å²) in [4.78, 5) is 29.5. The van der Waals surface area contributed by atoms with Gasteiger partial charge in [0.1, 0.15) is 6.61 Å². The van der Waals surface area contributed by atoms with Crippen LogP contribution >= 0.6 is 23.2 Å². The average molecular weight is 417 g/mol. The van der Waals surface area contributed by atoms with Gasteiger partial charge in [-0.1, -0.05) is 11.6 Å². The van der Waals surface area contributed by atoms with Crippen molar-refractivity contribution in [2.45, 2.75) is 32.1 Å². The highest BCUT2D eigenvalue weighted by Gasteiger charge is 2.34. The first-order valence-corrected chi connectivity index (χ1v) is 9.61. The number of halogens is 2. The lowest BCUT2D eigenvalue weighted by molar-refractivity contribution is -0.157. The Morgan fingerprint density at radius 2 is 2.07 bits per heavy atom. The number of benzene rings is 1. The molecule has 0 radical (unpaired) electrons. The quantitative estimate of drug-likeness (QED) is 0.380. The van der Waals surface area contributed by atoms with Crippen LogP contribution in [0.15, 0.2) is 23.0 Å². The third-order valence-electron chi connectivity index (χ3n) is 5.49. The molecular weight excluding hydrogens is 403 g/mol. The van der Waals surface area contributed by atoms with E-state index >= 15 is 0 Å². The van der Waals surface area contributed by atoms with Crippen molar-refractivity contribution >= 4 is 40.1 Å². The lowest BCUT2D eigenvalue weighted by Gasteiger charge is -2.21. The van der Waals surface area contributed by atoms with Crippen LogP contribution in [-0.2, 0) is 28.6 Å². The summed E-state index contributed by atoms with van der Waals surface area (Å²) >= 11 is 12.6. The summed E-state index contributed by atoms with van der Waals surface area (Å²) in [6.07, 6.45) is -1.48. The molecule has 6 nitrogen and oxygen atoms in total. The van der Waals surface area contributed by atoms with E-state index in [4.69, 9.17) is 32.9 Å². The first-order valence-electron chi connectivity index (χ1n) is 8.70. The summed E-state index contributed by atoms with van der Waals surface area (Å²) < 4.78 is 6.50. The highest BCUT2D eigenvalue weighted by atomic mass is 35.5. The number of alkyl halides is 1. The molecule has 3 aromatic rings. The van der Waals surface area contributed by atoms with Crippen LogP contribution in [-0.4, -0.2) is 20.6 Å². The van der Waals surface area contributed by atoms with E-state index in [0.29, 0.717) is 34.0 Å². The zero-order valence-corrected chi connectivity index (χ0v) is 16.3. The molecule has 1 aromatic carbocycles. The molecule has 0 saturated carbocycles. The molecule has 0 unspecified atom stereocenters. The van der Waals surface area contributed by atoms with Gasteiger partial charge in [-0.05, 0) is 36.2 Å². The van der Waals surface area contributed by atoms with Gasteiger partial charge in [0.2, 0.25) is 0 Å². The number of hydrogen-bond donors (Lipinski definition) is 1. The smallest absolute Gasteiger partial charge is 0.340 e. The van der Waals surface area contributed by atoms with Crippen LogP contribution in [0.2, 0.25) is 5.02 Å². The van der Waals surface area contributed by atoms with E-state index < -0.39 is 12.1 Å². The molecule has 1 N–H and O–H groups in total. The van der Waals surface area contributed by atoms with Gasteiger partial charge in [0.25, 0.3) is 5.56 Å². The molecule has 142 valence electrons. The third-order valence-corrected chi connectivity index (χ3v) is 6.16. The molecule has 0 bridgehead atoms. The minimum absolute atomic E-state index is 0.146. The largest absolute Gasteiger partial charge is 0.458 e. The van der Waals surface area contributed by atoms with Crippen LogP contribution < -0.4 is 5.56 Å². The van der Waals surface area contributed by atoms with Crippen LogP contribution in [0.1, 0.15) is 33.9 Å². The molecule has 0 saturated heterocycles. The number of ether oxygens (including phenoxy) is 1. The fourth-order valence-electron chi connectivity index (χ4n) is 3.99. The van der Waals surface area contributed by atoms with E-state index in [9.17, 15) is 14.7 Å². The van der Waals surface area contributed by atoms with Gasteiger partial charge in [-0.15, -0.1) is 11.6 Å². The summed E-state index contributed by atoms with van der Waals surface area (Å²) in [5.74, 6) is -0.500. The van der Waals surface area contributed by atoms with Crippen molar-refractivity contribution in [1.82, 2.24) is 9.55 Å². The van der Waals surface area contributed by atoms with Crippen LogP contribution in [0.3, 0.4) is 0 Å². The summed E-state index contributed by atoms with van der Waals surface area (Å²) in [7, 11) is 0. The Kier molecular flexibility index (Phi) is 3.81. The number of aromatic nitrogens is 2. The molecule has 1 atom stereocenters. The highest BCUT2D eigenvalue weighted by molar-refractivity contribution is 6.32. The lowest BCUT2D eigenvalue weighted by atomic mass is 9.98. The van der Waals surface area contributed by atoms with Gasteiger partial charge in [-0.2, -0.15) is 0 Å².